The third-order valence-electron chi connectivity index (χ3n) is 4.94. The first-order chi connectivity index (χ1) is 13.6. The summed E-state index contributed by atoms with van der Waals surface area (Å²) in [5.41, 5.74) is 0.408. The van der Waals surface area contributed by atoms with E-state index in [4.69, 9.17) is 9.47 Å². The first-order valence-electron chi connectivity index (χ1n) is 9.68. The van der Waals surface area contributed by atoms with Gasteiger partial charge in [-0.25, -0.2) is 9.89 Å². The van der Waals surface area contributed by atoms with E-state index in [0.717, 1.165) is 37.9 Å². The average molecular weight is 404 g/mol. The van der Waals surface area contributed by atoms with Gasteiger partial charge in [0.05, 0.1) is 5.75 Å². The van der Waals surface area contributed by atoms with Crippen molar-refractivity contribution < 1.29 is 14.3 Å². The van der Waals surface area contributed by atoms with Crippen LogP contribution in [0.1, 0.15) is 45.4 Å². The van der Waals surface area contributed by atoms with Crippen molar-refractivity contribution in [2.75, 3.05) is 11.1 Å². The molecule has 0 saturated heterocycles. The Morgan fingerprint density at radius 1 is 1.29 bits per heavy atom. The number of carbonyl (C=O) groups is 1. The van der Waals surface area contributed by atoms with Gasteiger partial charge in [-0.3, -0.25) is 9.36 Å². The van der Waals surface area contributed by atoms with Gasteiger partial charge < -0.3 is 14.8 Å². The van der Waals surface area contributed by atoms with Crippen LogP contribution in [0, 0.1) is 0 Å². The number of hydrogen-bond acceptors (Lipinski definition) is 6. The number of aromatic nitrogens is 3. The highest BCUT2D eigenvalue weighted by molar-refractivity contribution is 7.99. The maximum Gasteiger partial charge on any atom is 0.343 e. The second kappa shape index (κ2) is 7.90. The van der Waals surface area contributed by atoms with Crippen LogP contribution < -0.4 is 20.5 Å². The van der Waals surface area contributed by atoms with E-state index < -0.39 is 5.79 Å². The van der Waals surface area contributed by atoms with Gasteiger partial charge in [-0.15, -0.1) is 5.10 Å². The minimum atomic E-state index is -0.526. The number of anilines is 1. The average Bonchev–Trinajstić information content (AvgIpc) is 3.21. The molecule has 2 aromatic rings. The number of amides is 1. The zero-order valence-electron chi connectivity index (χ0n) is 15.8. The molecule has 1 aliphatic heterocycles. The van der Waals surface area contributed by atoms with Crippen LogP contribution in [0.3, 0.4) is 0 Å². The molecule has 2 N–H and O–H groups in total. The van der Waals surface area contributed by atoms with Gasteiger partial charge in [-0.05, 0) is 31.4 Å². The van der Waals surface area contributed by atoms with Crippen LogP contribution in [0.25, 0.3) is 0 Å². The Morgan fingerprint density at radius 2 is 2.07 bits per heavy atom. The molecule has 1 aromatic carbocycles. The molecule has 0 bridgehead atoms. The fourth-order valence-corrected chi connectivity index (χ4v) is 4.40. The molecule has 2 heterocycles. The molecule has 150 valence electrons. The predicted molar refractivity (Wildman–Crippen MR) is 106 cm³/mol. The largest absolute Gasteiger partial charge is 0.448 e. The molecule has 1 amide bonds. The fraction of sp³-hybridized carbons (Fsp3) is 0.526. The minimum Gasteiger partial charge on any atom is -0.448 e. The normalized spacial score (nSPS) is 17.0. The molecule has 0 atom stereocenters. The molecule has 28 heavy (non-hydrogen) atoms. The zero-order chi connectivity index (χ0) is 19.6. The summed E-state index contributed by atoms with van der Waals surface area (Å²) in [7, 11) is 0. The number of benzene rings is 1. The van der Waals surface area contributed by atoms with Crippen LogP contribution in [0.2, 0.25) is 0 Å². The van der Waals surface area contributed by atoms with E-state index in [9.17, 15) is 9.59 Å². The first-order valence-corrected chi connectivity index (χ1v) is 10.7. The van der Waals surface area contributed by atoms with E-state index >= 15 is 0 Å². The lowest BCUT2D eigenvalue weighted by Gasteiger charge is -2.31. The molecular weight excluding hydrogens is 380 g/mol. The first kappa shape index (κ1) is 18.9. The maximum atomic E-state index is 12.3. The van der Waals surface area contributed by atoms with Crippen molar-refractivity contribution in [3.8, 4) is 11.5 Å². The topological polar surface area (TPSA) is 98.2 Å². The summed E-state index contributed by atoms with van der Waals surface area (Å²) in [4.78, 5) is 24.0. The molecule has 1 saturated carbocycles. The van der Waals surface area contributed by atoms with Crippen molar-refractivity contribution in [1.82, 2.24) is 14.8 Å². The van der Waals surface area contributed by atoms with Crippen LogP contribution in [-0.4, -0.2) is 32.2 Å². The van der Waals surface area contributed by atoms with Crippen molar-refractivity contribution >= 4 is 23.4 Å². The van der Waals surface area contributed by atoms with Crippen LogP contribution in [0.15, 0.2) is 28.2 Å². The summed E-state index contributed by atoms with van der Waals surface area (Å²) in [5.74, 6) is 0.870. The molecule has 1 spiro atoms. The third kappa shape index (κ3) is 3.89. The number of aromatic amines is 1. The number of thioether (sulfide) groups is 1. The lowest BCUT2D eigenvalue weighted by Crippen LogP contribution is -2.40. The molecule has 0 unspecified atom stereocenters. The van der Waals surface area contributed by atoms with Gasteiger partial charge in [0.15, 0.2) is 16.7 Å². The Bertz CT molecular complexity index is 917. The summed E-state index contributed by atoms with van der Waals surface area (Å²) in [6.45, 7) is 2.56. The highest BCUT2D eigenvalue weighted by atomic mass is 32.2. The Kier molecular flexibility index (Phi) is 5.34. The van der Waals surface area contributed by atoms with Crippen molar-refractivity contribution in [2.45, 2.75) is 62.9 Å². The van der Waals surface area contributed by atoms with Crippen LogP contribution in [0.5, 0.6) is 11.5 Å². The predicted octanol–water partition coefficient (Wildman–Crippen LogP) is 3.14. The molecule has 1 aromatic heterocycles. The Labute approximate surface area is 167 Å². The molecule has 1 aliphatic carbocycles. The summed E-state index contributed by atoms with van der Waals surface area (Å²) >= 11 is 1.23. The van der Waals surface area contributed by atoms with E-state index in [2.05, 4.69) is 15.5 Å². The van der Waals surface area contributed by atoms with Crippen LogP contribution >= 0.6 is 11.8 Å². The Balaban J connectivity index is 1.36. The van der Waals surface area contributed by atoms with Crippen molar-refractivity contribution in [2.24, 2.45) is 0 Å². The highest BCUT2D eigenvalue weighted by Crippen LogP contribution is 2.46. The van der Waals surface area contributed by atoms with Gasteiger partial charge in [0, 0.05) is 31.1 Å². The monoisotopic (exact) mass is 404 g/mol. The lowest BCUT2D eigenvalue weighted by atomic mass is 9.94. The SMILES string of the molecule is CCCn1c(SCC(=O)Nc2ccc3c(c2)OC2(CCCCC2)O3)n[nH]c1=O. The van der Waals surface area contributed by atoms with Crippen molar-refractivity contribution in [3.63, 3.8) is 0 Å². The van der Waals surface area contributed by atoms with Gasteiger partial charge >= 0.3 is 5.69 Å². The van der Waals surface area contributed by atoms with E-state index in [1.54, 1.807) is 4.57 Å². The molecule has 4 rings (SSSR count). The zero-order valence-corrected chi connectivity index (χ0v) is 16.6. The molecule has 2 aliphatic rings. The van der Waals surface area contributed by atoms with Gasteiger partial charge in [0.1, 0.15) is 0 Å². The van der Waals surface area contributed by atoms with E-state index in [1.807, 2.05) is 25.1 Å². The lowest BCUT2D eigenvalue weighted by molar-refractivity contribution is -0.113. The van der Waals surface area contributed by atoms with E-state index in [0.29, 0.717) is 23.1 Å². The smallest absolute Gasteiger partial charge is 0.343 e. The Morgan fingerprint density at radius 3 is 2.86 bits per heavy atom. The van der Waals surface area contributed by atoms with E-state index in [-0.39, 0.29) is 17.3 Å². The minimum absolute atomic E-state index is 0.159. The number of H-pyrrole nitrogens is 1. The number of hydrogen-bond donors (Lipinski definition) is 2. The fourth-order valence-electron chi connectivity index (χ4n) is 3.63. The van der Waals surface area contributed by atoms with Crippen LogP contribution in [0.4, 0.5) is 5.69 Å². The third-order valence-corrected chi connectivity index (χ3v) is 5.91. The second-order valence-electron chi connectivity index (χ2n) is 7.14. The van der Waals surface area contributed by atoms with Gasteiger partial charge in [-0.1, -0.05) is 25.1 Å². The number of ether oxygens (including phenoxy) is 2. The molecule has 8 nitrogen and oxygen atoms in total. The molecule has 9 heteroatoms. The summed E-state index contributed by atoms with van der Waals surface area (Å²) < 4.78 is 13.7. The number of nitrogens with one attached hydrogen (secondary N) is 2. The summed E-state index contributed by atoms with van der Waals surface area (Å²) in [6.07, 6.45) is 6.02. The van der Waals surface area contributed by atoms with E-state index in [1.165, 1.54) is 18.2 Å². The number of rotatable bonds is 6. The molecular formula is C19H24N4O4S. The number of nitrogens with zero attached hydrogens (tertiary/aromatic N) is 2. The van der Waals surface area contributed by atoms with Gasteiger partial charge in [0.25, 0.3) is 5.79 Å². The number of carbonyl (C=O) groups excluding carboxylic acids is 1. The van der Waals surface area contributed by atoms with Crippen LogP contribution in [-0.2, 0) is 11.3 Å². The molecule has 0 radical (unpaired) electrons. The molecule has 1 fully saturated rings. The Hall–Kier alpha value is -2.42. The van der Waals surface area contributed by atoms with Gasteiger partial charge in [-0.2, -0.15) is 0 Å². The second-order valence-corrected chi connectivity index (χ2v) is 8.08. The quantitative estimate of drug-likeness (QED) is 0.718. The number of fused-ring (bicyclic) bond motifs is 1. The summed E-state index contributed by atoms with van der Waals surface area (Å²) in [5, 5.41) is 9.80. The van der Waals surface area contributed by atoms with Crippen molar-refractivity contribution in [3.05, 3.63) is 28.7 Å². The summed E-state index contributed by atoms with van der Waals surface area (Å²) in [6, 6.07) is 5.46. The standard InChI is InChI=1S/C19H24N4O4S/c1-2-10-23-17(25)21-22-18(23)28-12-16(24)20-13-6-7-14-15(11-13)27-19(26-14)8-4-3-5-9-19/h6-7,11H,2-5,8-10,12H2,1H3,(H,20,24)(H,21,25). The van der Waals surface area contributed by atoms with Crippen molar-refractivity contribution in [1.29, 1.82) is 0 Å². The van der Waals surface area contributed by atoms with Gasteiger partial charge in [0.2, 0.25) is 5.91 Å². The maximum absolute atomic E-state index is 12.3. The highest BCUT2D eigenvalue weighted by Gasteiger charge is 2.42.